The van der Waals surface area contributed by atoms with Crippen LogP contribution in [0.3, 0.4) is 0 Å². The molecule has 0 spiro atoms. The van der Waals surface area contributed by atoms with Gasteiger partial charge >= 0.3 is 0 Å². The summed E-state index contributed by atoms with van der Waals surface area (Å²) in [6, 6.07) is 19.0. The third-order valence-corrected chi connectivity index (χ3v) is 3.71. The summed E-state index contributed by atoms with van der Waals surface area (Å²) in [6.45, 7) is 0.540. The van der Waals surface area contributed by atoms with Crippen molar-refractivity contribution < 1.29 is 9.90 Å². The van der Waals surface area contributed by atoms with E-state index in [9.17, 15) is 9.90 Å². The number of hydrogen-bond donors (Lipinski definition) is 2. The lowest BCUT2D eigenvalue weighted by Gasteiger charge is -2.16. The van der Waals surface area contributed by atoms with E-state index < -0.39 is 0 Å². The van der Waals surface area contributed by atoms with Crippen molar-refractivity contribution in [2.24, 2.45) is 0 Å². The maximum atomic E-state index is 12.0. The number of nitrogens with one attached hydrogen (secondary N) is 1. The fourth-order valence-corrected chi connectivity index (χ4v) is 2.43. The summed E-state index contributed by atoms with van der Waals surface area (Å²) in [7, 11) is 0. The molecule has 0 bridgehead atoms. The minimum absolute atomic E-state index is 0.0756. The highest BCUT2D eigenvalue weighted by molar-refractivity contribution is 5.91. The van der Waals surface area contributed by atoms with Crippen molar-refractivity contribution in [3.8, 4) is 6.07 Å². The third kappa shape index (κ3) is 5.38. The van der Waals surface area contributed by atoms with Crippen LogP contribution in [0, 0.1) is 11.3 Å². The van der Waals surface area contributed by atoms with Gasteiger partial charge in [-0.3, -0.25) is 4.79 Å². The molecule has 0 aromatic heterocycles. The molecule has 2 aromatic rings. The Labute approximate surface area is 142 Å². The van der Waals surface area contributed by atoms with E-state index >= 15 is 0 Å². The molecule has 24 heavy (non-hydrogen) atoms. The van der Waals surface area contributed by atoms with Crippen molar-refractivity contribution in [1.29, 1.82) is 5.26 Å². The SMILES string of the molecule is N#Cc1cccc(/C=C/C(=O)NCC(CCO)c2ccccc2)c1. The molecule has 1 amide bonds. The molecule has 0 aliphatic heterocycles. The number of aliphatic hydroxyl groups is 1. The molecule has 0 aliphatic rings. The van der Waals surface area contributed by atoms with Crippen molar-refractivity contribution in [3.05, 3.63) is 77.4 Å². The normalized spacial score (nSPS) is 11.8. The van der Waals surface area contributed by atoms with E-state index in [0.717, 1.165) is 11.1 Å². The highest BCUT2D eigenvalue weighted by atomic mass is 16.3. The van der Waals surface area contributed by atoms with Crippen LogP contribution in [0.4, 0.5) is 0 Å². The molecular weight excluding hydrogens is 300 g/mol. The summed E-state index contributed by atoms with van der Waals surface area (Å²) in [5.74, 6) is -0.119. The molecule has 0 fully saturated rings. The lowest BCUT2D eigenvalue weighted by Crippen LogP contribution is -2.27. The zero-order valence-corrected chi connectivity index (χ0v) is 13.4. The Morgan fingerprint density at radius 2 is 2.00 bits per heavy atom. The molecule has 0 saturated carbocycles. The average molecular weight is 320 g/mol. The van der Waals surface area contributed by atoms with Crippen LogP contribution in [-0.4, -0.2) is 24.2 Å². The molecule has 0 radical (unpaired) electrons. The Balaban J connectivity index is 1.93. The minimum atomic E-state index is -0.198. The van der Waals surface area contributed by atoms with E-state index in [4.69, 9.17) is 5.26 Å². The highest BCUT2D eigenvalue weighted by Crippen LogP contribution is 2.18. The number of benzene rings is 2. The van der Waals surface area contributed by atoms with E-state index in [0.29, 0.717) is 18.5 Å². The van der Waals surface area contributed by atoms with Crippen molar-refractivity contribution in [1.82, 2.24) is 5.32 Å². The summed E-state index contributed by atoms with van der Waals surface area (Å²) < 4.78 is 0. The first-order valence-electron chi connectivity index (χ1n) is 7.85. The van der Waals surface area contributed by atoms with Gasteiger partial charge in [0.2, 0.25) is 5.91 Å². The summed E-state index contributed by atoms with van der Waals surface area (Å²) in [5, 5.41) is 20.9. The van der Waals surface area contributed by atoms with Crippen LogP contribution in [0.2, 0.25) is 0 Å². The molecule has 0 saturated heterocycles. The number of aliphatic hydroxyl groups excluding tert-OH is 1. The van der Waals surface area contributed by atoms with Gasteiger partial charge in [-0.25, -0.2) is 0 Å². The van der Waals surface area contributed by atoms with Crippen LogP contribution in [0.1, 0.15) is 29.0 Å². The van der Waals surface area contributed by atoms with Gasteiger partial charge in [0.25, 0.3) is 0 Å². The predicted octanol–water partition coefficient (Wildman–Crippen LogP) is 2.85. The van der Waals surface area contributed by atoms with E-state index in [2.05, 4.69) is 11.4 Å². The molecule has 2 rings (SSSR count). The fourth-order valence-electron chi connectivity index (χ4n) is 2.43. The number of nitriles is 1. The van der Waals surface area contributed by atoms with Gasteiger partial charge in [-0.05, 0) is 35.8 Å². The molecule has 0 aliphatic carbocycles. The van der Waals surface area contributed by atoms with Crippen molar-refractivity contribution in [2.45, 2.75) is 12.3 Å². The van der Waals surface area contributed by atoms with E-state index in [1.165, 1.54) is 6.08 Å². The van der Waals surface area contributed by atoms with Gasteiger partial charge in [0.15, 0.2) is 0 Å². The lowest BCUT2D eigenvalue weighted by molar-refractivity contribution is -0.116. The van der Waals surface area contributed by atoms with E-state index in [1.54, 1.807) is 24.3 Å². The molecule has 1 atom stereocenters. The van der Waals surface area contributed by atoms with Gasteiger partial charge in [-0.2, -0.15) is 5.26 Å². The Morgan fingerprint density at radius 1 is 1.21 bits per heavy atom. The Hall–Kier alpha value is -2.90. The number of carbonyl (C=O) groups excluding carboxylic acids is 1. The van der Waals surface area contributed by atoms with Crippen LogP contribution in [0.25, 0.3) is 6.08 Å². The summed E-state index contributed by atoms with van der Waals surface area (Å²) in [5.41, 5.74) is 2.46. The lowest BCUT2D eigenvalue weighted by atomic mass is 9.96. The molecule has 122 valence electrons. The number of amides is 1. The maximum absolute atomic E-state index is 12.0. The standard InChI is InChI=1S/C20H20N2O2/c21-14-17-6-4-5-16(13-17)9-10-20(24)22-15-19(11-12-23)18-7-2-1-3-8-18/h1-10,13,19,23H,11-12,15H2,(H,22,24)/b10-9+. The van der Waals surface area contributed by atoms with E-state index in [-0.39, 0.29) is 18.4 Å². The van der Waals surface area contributed by atoms with Crippen LogP contribution in [-0.2, 0) is 4.79 Å². The zero-order valence-electron chi connectivity index (χ0n) is 13.4. The monoisotopic (exact) mass is 320 g/mol. The van der Waals surface area contributed by atoms with Crippen LogP contribution in [0.15, 0.2) is 60.7 Å². The molecular formula is C20H20N2O2. The van der Waals surface area contributed by atoms with Crippen molar-refractivity contribution in [2.75, 3.05) is 13.2 Å². The number of nitrogens with zero attached hydrogens (tertiary/aromatic N) is 1. The van der Waals surface area contributed by atoms with Gasteiger partial charge in [0.1, 0.15) is 0 Å². The van der Waals surface area contributed by atoms with Gasteiger partial charge in [-0.15, -0.1) is 0 Å². The molecule has 4 nitrogen and oxygen atoms in total. The number of carbonyl (C=O) groups is 1. The fraction of sp³-hybridized carbons (Fsp3) is 0.200. The molecule has 0 heterocycles. The highest BCUT2D eigenvalue weighted by Gasteiger charge is 2.11. The molecule has 2 N–H and O–H groups in total. The Bertz CT molecular complexity index is 733. The topological polar surface area (TPSA) is 73.1 Å². The van der Waals surface area contributed by atoms with Crippen LogP contribution in [0.5, 0.6) is 0 Å². The van der Waals surface area contributed by atoms with Crippen molar-refractivity contribution >= 4 is 12.0 Å². The molecule has 1 unspecified atom stereocenters. The second-order valence-electron chi connectivity index (χ2n) is 5.44. The van der Waals surface area contributed by atoms with Gasteiger partial charge < -0.3 is 10.4 Å². The maximum Gasteiger partial charge on any atom is 0.244 e. The first kappa shape index (κ1) is 17.5. The van der Waals surface area contributed by atoms with Gasteiger partial charge in [0.05, 0.1) is 11.6 Å². The predicted molar refractivity (Wildman–Crippen MR) is 94.1 cm³/mol. The zero-order chi connectivity index (χ0) is 17.2. The first-order valence-corrected chi connectivity index (χ1v) is 7.85. The first-order chi connectivity index (χ1) is 11.7. The average Bonchev–Trinajstić information content (AvgIpc) is 2.64. The van der Waals surface area contributed by atoms with Crippen LogP contribution < -0.4 is 5.32 Å². The van der Waals surface area contributed by atoms with Crippen LogP contribution >= 0.6 is 0 Å². The largest absolute Gasteiger partial charge is 0.396 e. The molecule has 2 aromatic carbocycles. The van der Waals surface area contributed by atoms with Gasteiger partial charge in [0, 0.05) is 25.1 Å². The Kier molecular flexibility index (Phi) is 6.75. The smallest absolute Gasteiger partial charge is 0.244 e. The summed E-state index contributed by atoms with van der Waals surface area (Å²) in [4.78, 5) is 12.0. The number of hydrogen-bond acceptors (Lipinski definition) is 3. The quantitative estimate of drug-likeness (QED) is 0.771. The second-order valence-corrected chi connectivity index (χ2v) is 5.44. The number of rotatable bonds is 7. The van der Waals surface area contributed by atoms with Crippen molar-refractivity contribution in [3.63, 3.8) is 0 Å². The summed E-state index contributed by atoms with van der Waals surface area (Å²) >= 11 is 0. The van der Waals surface area contributed by atoms with Gasteiger partial charge in [-0.1, -0.05) is 42.5 Å². The molecule has 4 heteroatoms. The second kappa shape index (κ2) is 9.29. The third-order valence-electron chi connectivity index (χ3n) is 3.71. The summed E-state index contributed by atoms with van der Waals surface area (Å²) in [6.07, 6.45) is 3.73. The Morgan fingerprint density at radius 3 is 2.71 bits per heavy atom. The minimum Gasteiger partial charge on any atom is -0.396 e. The van der Waals surface area contributed by atoms with E-state index in [1.807, 2.05) is 36.4 Å².